The smallest absolute Gasteiger partial charge is 0.325 e. The van der Waals surface area contributed by atoms with Crippen LogP contribution in [0, 0.1) is 19.8 Å². The number of carbonyl (C=O) groups is 2. The summed E-state index contributed by atoms with van der Waals surface area (Å²) in [5, 5.41) is 2.48. The van der Waals surface area contributed by atoms with E-state index in [1.165, 1.54) is 12.1 Å². The summed E-state index contributed by atoms with van der Waals surface area (Å²) in [6, 6.07) is 11.4. The Labute approximate surface area is 170 Å². The van der Waals surface area contributed by atoms with E-state index in [1.54, 1.807) is 31.2 Å². The zero-order valence-corrected chi connectivity index (χ0v) is 17.2. The van der Waals surface area contributed by atoms with E-state index in [-0.39, 0.29) is 22.7 Å². The standard InChI is InChI=1S/C21H24N2O5S/c1-14-7-8-15(2)19(11-14)29(26,27)23-18-6-4-3-5-17(18)21(25)22-12-20(24)28-13-16-9-10-16/h3-8,11,16,23H,9-10,12-13H2,1-2H3,(H,22,25). The zero-order valence-electron chi connectivity index (χ0n) is 16.4. The van der Waals surface area contributed by atoms with Crippen molar-refractivity contribution in [3.8, 4) is 0 Å². The third-order valence-electron chi connectivity index (χ3n) is 4.62. The van der Waals surface area contributed by atoms with Crippen molar-refractivity contribution in [3.05, 3.63) is 59.2 Å². The summed E-state index contributed by atoms with van der Waals surface area (Å²) in [6.07, 6.45) is 2.13. The highest BCUT2D eigenvalue weighted by atomic mass is 32.2. The van der Waals surface area contributed by atoms with Crippen LogP contribution in [-0.4, -0.2) is 33.4 Å². The highest BCUT2D eigenvalue weighted by Gasteiger charge is 2.24. The quantitative estimate of drug-likeness (QED) is 0.645. The molecule has 0 saturated heterocycles. The summed E-state index contributed by atoms with van der Waals surface area (Å²) in [6.45, 7) is 3.62. The van der Waals surface area contributed by atoms with Gasteiger partial charge in [0.05, 0.1) is 22.8 Å². The van der Waals surface area contributed by atoms with E-state index in [2.05, 4.69) is 10.0 Å². The van der Waals surface area contributed by atoms with Crippen molar-refractivity contribution in [2.45, 2.75) is 31.6 Å². The lowest BCUT2D eigenvalue weighted by molar-refractivity contribution is -0.142. The normalized spacial score (nSPS) is 13.6. The molecule has 1 aliphatic carbocycles. The second-order valence-corrected chi connectivity index (χ2v) is 8.88. The van der Waals surface area contributed by atoms with Crippen LogP contribution in [-0.2, 0) is 19.6 Å². The van der Waals surface area contributed by atoms with Gasteiger partial charge in [-0.2, -0.15) is 0 Å². The van der Waals surface area contributed by atoms with Crippen molar-refractivity contribution in [2.75, 3.05) is 17.9 Å². The second-order valence-electron chi connectivity index (χ2n) is 7.23. The van der Waals surface area contributed by atoms with Gasteiger partial charge in [0.15, 0.2) is 0 Å². The summed E-state index contributed by atoms with van der Waals surface area (Å²) in [4.78, 5) is 24.4. The first-order chi connectivity index (χ1) is 13.8. The molecular formula is C21H24N2O5S. The Hall–Kier alpha value is -2.87. The van der Waals surface area contributed by atoms with Crippen molar-refractivity contribution >= 4 is 27.6 Å². The number of para-hydroxylation sites is 1. The van der Waals surface area contributed by atoms with Crippen LogP contribution >= 0.6 is 0 Å². The maximum absolute atomic E-state index is 12.9. The van der Waals surface area contributed by atoms with E-state index in [4.69, 9.17) is 4.74 Å². The molecule has 3 rings (SSSR count). The Morgan fingerprint density at radius 2 is 1.83 bits per heavy atom. The maximum Gasteiger partial charge on any atom is 0.325 e. The van der Waals surface area contributed by atoms with Crippen molar-refractivity contribution in [1.29, 1.82) is 0 Å². The molecule has 1 saturated carbocycles. The first kappa shape index (κ1) is 20.9. The minimum atomic E-state index is -3.89. The van der Waals surface area contributed by atoms with Gasteiger partial charge in [-0.1, -0.05) is 24.3 Å². The Morgan fingerprint density at radius 1 is 1.10 bits per heavy atom. The van der Waals surface area contributed by atoms with E-state index >= 15 is 0 Å². The SMILES string of the molecule is Cc1ccc(C)c(S(=O)(=O)Nc2ccccc2C(=O)NCC(=O)OCC2CC2)c1. The van der Waals surface area contributed by atoms with Gasteiger partial charge in [-0.3, -0.25) is 14.3 Å². The predicted molar refractivity (Wildman–Crippen MR) is 109 cm³/mol. The van der Waals surface area contributed by atoms with Gasteiger partial charge in [-0.05, 0) is 61.9 Å². The van der Waals surface area contributed by atoms with Crippen LogP contribution in [0.1, 0.15) is 34.3 Å². The number of aryl methyl sites for hydroxylation is 2. The molecule has 0 unspecified atom stereocenters. The summed E-state index contributed by atoms with van der Waals surface area (Å²) in [5.74, 6) is -0.638. The molecule has 2 aromatic carbocycles. The molecular weight excluding hydrogens is 392 g/mol. The third-order valence-corrected chi connectivity index (χ3v) is 6.13. The number of anilines is 1. The van der Waals surface area contributed by atoms with Gasteiger partial charge in [0, 0.05) is 0 Å². The number of sulfonamides is 1. The van der Waals surface area contributed by atoms with E-state index in [1.807, 2.05) is 13.0 Å². The van der Waals surface area contributed by atoms with Gasteiger partial charge >= 0.3 is 5.97 Å². The fourth-order valence-electron chi connectivity index (χ4n) is 2.76. The zero-order chi connectivity index (χ0) is 21.0. The minimum absolute atomic E-state index is 0.122. The lowest BCUT2D eigenvalue weighted by Crippen LogP contribution is -2.31. The molecule has 0 radical (unpaired) electrons. The Bertz CT molecular complexity index is 1030. The number of rotatable bonds is 8. The monoisotopic (exact) mass is 416 g/mol. The number of ether oxygens (including phenoxy) is 1. The van der Waals surface area contributed by atoms with Crippen LogP contribution in [0.15, 0.2) is 47.4 Å². The molecule has 1 amide bonds. The van der Waals surface area contributed by atoms with Crippen molar-refractivity contribution < 1.29 is 22.7 Å². The van der Waals surface area contributed by atoms with Crippen LogP contribution in [0.5, 0.6) is 0 Å². The highest BCUT2D eigenvalue weighted by Crippen LogP contribution is 2.28. The molecule has 8 heteroatoms. The summed E-state index contributed by atoms with van der Waals surface area (Å²) < 4.78 is 33.3. The Balaban J connectivity index is 1.71. The number of esters is 1. The lowest BCUT2D eigenvalue weighted by Gasteiger charge is -2.14. The van der Waals surface area contributed by atoms with Crippen LogP contribution < -0.4 is 10.0 Å². The van der Waals surface area contributed by atoms with Crippen LogP contribution in [0.4, 0.5) is 5.69 Å². The topological polar surface area (TPSA) is 102 Å². The molecule has 7 nitrogen and oxygen atoms in total. The largest absolute Gasteiger partial charge is 0.464 e. The molecule has 0 heterocycles. The summed E-state index contributed by atoms with van der Waals surface area (Å²) >= 11 is 0. The highest BCUT2D eigenvalue weighted by molar-refractivity contribution is 7.92. The molecule has 154 valence electrons. The molecule has 29 heavy (non-hydrogen) atoms. The Kier molecular flexibility index (Phi) is 6.22. The average Bonchev–Trinajstić information content (AvgIpc) is 3.51. The van der Waals surface area contributed by atoms with Crippen molar-refractivity contribution in [1.82, 2.24) is 5.32 Å². The number of benzene rings is 2. The average molecular weight is 416 g/mol. The minimum Gasteiger partial charge on any atom is -0.464 e. The second kappa shape index (κ2) is 8.65. The molecule has 0 aliphatic heterocycles. The summed E-state index contributed by atoms with van der Waals surface area (Å²) in [5.41, 5.74) is 1.67. The van der Waals surface area contributed by atoms with Gasteiger partial charge in [-0.15, -0.1) is 0 Å². The van der Waals surface area contributed by atoms with Crippen LogP contribution in [0.25, 0.3) is 0 Å². The molecule has 2 aromatic rings. The van der Waals surface area contributed by atoms with E-state index < -0.39 is 21.9 Å². The molecule has 0 aromatic heterocycles. The molecule has 0 atom stereocenters. The fraction of sp³-hybridized carbons (Fsp3) is 0.333. The third kappa shape index (κ3) is 5.57. The number of nitrogens with one attached hydrogen (secondary N) is 2. The number of carbonyl (C=O) groups excluding carboxylic acids is 2. The molecule has 2 N–H and O–H groups in total. The number of hydrogen-bond acceptors (Lipinski definition) is 5. The van der Waals surface area contributed by atoms with E-state index in [0.717, 1.165) is 18.4 Å². The summed E-state index contributed by atoms with van der Waals surface area (Å²) in [7, 11) is -3.89. The van der Waals surface area contributed by atoms with Crippen molar-refractivity contribution in [3.63, 3.8) is 0 Å². The first-order valence-corrected chi connectivity index (χ1v) is 10.9. The molecule has 0 bridgehead atoms. The predicted octanol–water partition coefficient (Wildman–Crippen LogP) is 2.79. The van der Waals surface area contributed by atoms with E-state index in [0.29, 0.717) is 18.1 Å². The molecule has 1 fully saturated rings. The Morgan fingerprint density at radius 3 is 2.55 bits per heavy atom. The van der Waals surface area contributed by atoms with Crippen LogP contribution in [0.3, 0.4) is 0 Å². The first-order valence-electron chi connectivity index (χ1n) is 9.39. The van der Waals surface area contributed by atoms with E-state index in [9.17, 15) is 18.0 Å². The number of amides is 1. The van der Waals surface area contributed by atoms with Gasteiger partial charge in [0.2, 0.25) is 0 Å². The van der Waals surface area contributed by atoms with Gasteiger partial charge in [-0.25, -0.2) is 8.42 Å². The van der Waals surface area contributed by atoms with Gasteiger partial charge < -0.3 is 10.1 Å². The van der Waals surface area contributed by atoms with Gasteiger partial charge in [0.1, 0.15) is 6.54 Å². The maximum atomic E-state index is 12.9. The number of hydrogen-bond donors (Lipinski definition) is 2. The fourth-order valence-corrected chi connectivity index (χ4v) is 4.17. The lowest BCUT2D eigenvalue weighted by atomic mass is 10.1. The van der Waals surface area contributed by atoms with Crippen molar-refractivity contribution in [2.24, 2.45) is 5.92 Å². The van der Waals surface area contributed by atoms with Crippen LogP contribution in [0.2, 0.25) is 0 Å². The molecule has 0 spiro atoms. The van der Waals surface area contributed by atoms with Gasteiger partial charge in [0.25, 0.3) is 15.9 Å². The molecule has 1 aliphatic rings.